The van der Waals surface area contributed by atoms with Gasteiger partial charge in [-0.1, -0.05) is 30.3 Å². The van der Waals surface area contributed by atoms with Gasteiger partial charge < -0.3 is 9.64 Å². The first-order valence-electron chi connectivity index (χ1n) is 9.03. The lowest BCUT2D eigenvalue weighted by atomic mass is 10.2. The molecule has 0 saturated carbocycles. The number of halogens is 1. The van der Waals surface area contributed by atoms with Crippen LogP contribution >= 0.6 is 0 Å². The Morgan fingerprint density at radius 3 is 2.37 bits per heavy atom. The van der Waals surface area contributed by atoms with Gasteiger partial charge >= 0.3 is 0 Å². The summed E-state index contributed by atoms with van der Waals surface area (Å²) in [4.78, 5) is 13.2. The van der Waals surface area contributed by atoms with Crippen molar-refractivity contribution in [3.8, 4) is 11.6 Å². The molecule has 0 unspecified atom stereocenters. The summed E-state index contributed by atoms with van der Waals surface area (Å²) >= 11 is 0. The smallest absolute Gasteiger partial charge is 0.224 e. The number of benzene rings is 2. The Labute approximate surface area is 158 Å². The molecule has 0 N–H and O–H groups in total. The van der Waals surface area contributed by atoms with Gasteiger partial charge in [-0.3, -0.25) is 4.90 Å². The Bertz CT molecular complexity index is 865. The van der Waals surface area contributed by atoms with Gasteiger partial charge in [0.15, 0.2) is 0 Å². The van der Waals surface area contributed by atoms with E-state index in [9.17, 15) is 4.39 Å². The minimum Gasteiger partial charge on any atom is -0.439 e. The lowest BCUT2D eigenvalue weighted by Gasteiger charge is -2.35. The van der Waals surface area contributed by atoms with Gasteiger partial charge in [0.1, 0.15) is 23.7 Å². The van der Waals surface area contributed by atoms with Crippen molar-refractivity contribution in [3.63, 3.8) is 0 Å². The van der Waals surface area contributed by atoms with Crippen LogP contribution in [0.3, 0.4) is 0 Å². The molecule has 0 amide bonds. The lowest BCUT2D eigenvalue weighted by Crippen LogP contribution is -2.46. The maximum absolute atomic E-state index is 13.0. The second-order valence-corrected chi connectivity index (χ2v) is 6.52. The molecule has 27 heavy (non-hydrogen) atoms. The highest BCUT2D eigenvalue weighted by Gasteiger charge is 2.18. The first-order valence-corrected chi connectivity index (χ1v) is 9.03. The minimum absolute atomic E-state index is 0.292. The molecular formula is C21H21FN4O. The van der Waals surface area contributed by atoms with E-state index in [1.54, 1.807) is 12.1 Å². The summed E-state index contributed by atoms with van der Waals surface area (Å²) in [6, 6.07) is 18.3. The van der Waals surface area contributed by atoms with Gasteiger partial charge in [-0.2, -0.15) is 0 Å². The Balaban J connectivity index is 1.36. The Morgan fingerprint density at radius 1 is 0.889 bits per heavy atom. The number of nitrogens with zero attached hydrogens (tertiary/aromatic N) is 4. The molecular weight excluding hydrogens is 343 g/mol. The molecule has 2 heterocycles. The van der Waals surface area contributed by atoms with Gasteiger partial charge in [-0.15, -0.1) is 0 Å². The fourth-order valence-corrected chi connectivity index (χ4v) is 3.16. The lowest BCUT2D eigenvalue weighted by molar-refractivity contribution is 0.249. The van der Waals surface area contributed by atoms with Crippen LogP contribution in [0.5, 0.6) is 11.6 Å². The standard InChI is InChI=1S/C21H21FN4O/c22-18-6-8-19(9-7-18)27-21-14-20(23-16-24-21)26-12-10-25(11-13-26)15-17-4-2-1-3-5-17/h1-9,14,16H,10-13,15H2. The molecule has 0 bridgehead atoms. The average molecular weight is 364 g/mol. The molecule has 0 atom stereocenters. The Kier molecular flexibility index (Phi) is 5.25. The molecule has 2 aromatic carbocycles. The van der Waals surface area contributed by atoms with Crippen molar-refractivity contribution in [2.24, 2.45) is 0 Å². The van der Waals surface area contributed by atoms with E-state index in [1.807, 2.05) is 12.1 Å². The number of aromatic nitrogens is 2. The zero-order valence-corrected chi connectivity index (χ0v) is 15.0. The summed E-state index contributed by atoms with van der Waals surface area (Å²) in [5.41, 5.74) is 1.34. The van der Waals surface area contributed by atoms with Crippen LogP contribution in [0.25, 0.3) is 0 Å². The van der Waals surface area contributed by atoms with Crippen molar-refractivity contribution in [1.29, 1.82) is 0 Å². The summed E-state index contributed by atoms with van der Waals surface area (Å²) in [6.07, 6.45) is 1.50. The van der Waals surface area contributed by atoms with Gasteiger partial charge in [0.2, 0.25) is 5.88 Å². The van der Waals surface area contributed by atoms with Crippen molar-refractivity contribution in [3.05, 3.63) is 78.4 Å². The quantitative estimate of drug-likeness (QED) is 0.690. The predicted octanol–water partition coefficient (Wildman–Crippen LogP) is 3.73. The van der Waals surface area contributed by atoms with E-state index >= 15 is 0 Å². The SMILES string of the molecule is Fc1ccc(Oc2cc(N3CCN(Cc4ccccc4)CC3)ncn2)cc1. The second-order valence-electron chi connectivity index (χ2n) is 6.52. The Hall–Kier alpha value is -2.99. The highest BCUT2D eigenvalue weighted by molar-refractivity contribution is 5.42. The van der Waals surface area contributed by atoms with Crippen molar-refractivity contribution >= 4 is 5.82 Å². The van der Waals surface area contributed by atoms with Crippen molar-refractivity contribution in [1.82, 2.24) is 14.9 Å². The molecule has 1 aliphatic rings. The number of anilines is 1. The highest BCUT2D eigenvalue weighted by atomic mass is 19.1. The van der Waals surface area contributed by atoms with Crippen LogP contribution in [-0.2, 0) is 6.54 Å². The van der Waals surface area contributed by atoms with Gasteiger partial charge in [0, 0.05) is 38.8 Å². The number of hydrogen-bond acceptors (Lipinski definition) is 5. The molecule has 6 heteroatoms. The van der Waals surface area contributed by atoms with Crippen LogP contribution in [0.1, 0.15) is 5.56 Å². The van der Waals surface area contributed by atoms with E-state index in [1.165, 1.54) is 24.0 Å². The maximum Gasteiger partial charge on any atom is 0.224 e. The van der Waals surface area contributed by atoms with Gasteiger partial charge in [-0.05, 0) is 29.8 Å². The molecule has 3 aromatic rings. The summed E-state index contributed by atoms with van der Waals surface area (Å²) in [7, 11) is 0. The Morgan fingerprint density at radius 2 is 1.63 bits per heavy atom. The topological polar surface area (TPSA) is 41.5 Å². The zero-order chi connectivity index (χ0) is 18.5. The van der Waals surface area contributed by atoms with Crippen molar-refractivity contribution < 1.29 is 9.13 Å². The minimum atomic E-state index is -0.292. The van der Waals surface area contributed by atoms with Crippen LogP contribution in [0.4, 0.5) is 10.2 Å². The fraction of sp³-hybridized carbons (Fsp3) is 0.238. The number of ether oxygens (including phenoxy) is 1. The van der Waals surface area contributed by atoms with E-state index in [0.29, 0.717) is 11.6 Å². The molecule has 0 spiro atoms. The second kappa shape index (κ2) is 8.14. The summed E-state index contributed by atoms with van der Waals surface area (Å²) in [5.74, 6) is 1.56. The molecule has 138 valence electrons. The first kappa shape index (κ1) is 17.4. The third-order valence-corrected chi connectivity index (χ3v) is 4.61. The summed E-state index contributed by atoms with van der Waals surface area (Å²) < 4.78 is 18.7. The number of piperazine rings is 1. The molecule has 5 nitrogen and oxygen atoms in total. The zero-order valence-electron chi connectivity index (χ0n) is 15.0. The predicted molar refractivity (Wildman–Crippen MR) is 102 cm³/mol. The monoisotopic (exact) mass is 364 g/mol. The van der Waals surface area contributed by atoms with Crippen molar-refractivity contribution in [2.45, 2.75) is 6.54 Å². The van der Waals surface area contributed by atoms with E-state index in [0.717, 1.165) is 38.5 Å². The third kappa shape index (κ3) is 4.60. The first-order chi connectivity index (χ1) is 13.3. The molecule has 1 aliphatic heterocycles. The van der Waals surface area contributed by atoms with Crippen LogP contribution in [-0.4, -0.2) is 41.0 Å². The molecule has 0 aliphatic carbocycles. The van der Waals surface area contributed by atoms with Gasteiger partial charge in [0.05, 0.1) is 0 Å². The molecule has 1 aromatic heterocycles. The van der Waals surface area contributed by atoms with Crippen LogP contribution in [0.2, 0.25) is 0 Å². The largest absolute Gasteiger partial charge is 0.439 e. The number of hydrogen-bond donors (Lipinski definition) is 0. The molecule has 4 rings (SSSR count). The van der Waals surface area contributed by atoms with Crippen LogP contribution in [0.15, 0.2) is 67.0 Å². The van der Waals surface area contributed by atoms with E-state index < -0.39 is 0 Å². The number of rotatable bonds is 5. The van der Waals surface area contributed by atoms with E-state index in [-0.39, 0.29) is 5.82 Å². The fourth-order valence-electron chi connectivity index (χ4n) is 3.16. The summed E-state index contributed by atoms with van der Waals surface area (Å²) in [5, 5.41) is 0. The third-order valence-electron chi connectivity index (χ3n) is 4.61. The summed E-state index contributed by atoms with van der Waals surface area (Å²) in [6.45, 7) is 4.73. The van der Waals surface area contributed by atoms with Gasteiger partial charge in [-0.25, -0.2) is 14.4 Å². The van der Waals surface area contributed by atoms with Gasteiger partial charge in [0.25, 0.3) is 0 Å². The molecule has 1 saturated heterocycles. The molecule has 0 radical (unpaired) electrons. The van der Waals surface area contributed by atoms with E-state index in [2.05, 4.69) is 44.0 Å². The average Bonchev–Trinajstić information content (AvgIpc) is 2.71. The van der Waals surface area contributed by atoms with Crippen LogP contribution in [0, 0.1) is 5.82 Å². The van der Waals surface area contributed by atoms with Crippen molar-refractivity contribution in [2.75, 3.05) is 31.1 Å². The highest BCUT2D eigenvalue weighted by Crippen LogP contribution is 2.23. The maximum atomic E-state index is 13.0. The van der Waals surface area contributed by atoms with E-state index in [4.69, 9.17) is 4.74 Å². The van der Waals surface area contributed by atoms with Crippen LogP contribution < -0.4 is 9.64 Å². The molecule has 1 fully saturated rings. The normalized spacial score (nSPS) is 14.9.